The van der Waals surface area contributed by atoms with Crippen molar-refractivity contribution >= 4 is 21.5 Å². The third kappa shape index (κ3) is 3.59. The Hall–Kier alpha value is -4.16. The molecule has 1 saturated heterocycles. The highest BCUT2D eigenvalue weighted by molar-refractivity contribution is 7.89. The molecule has 5 nitrogen and oxygen atoms in total. The molecule has 0 aromatic heterocycles. The SMILES string of the molecule is Cc1ccc(S(=O)(=O)N2CC[C@]34C2=CC(=O)[C@@H](c2ccccc2)[C@H]3N(Cc2ccccc2)c2ccccc24)cc1. The Kier molecular flexibility index (Phi) is 5.72. The number of fused-ring (bicyclic) bond motifs is 1. The van der Waals surface area contributed by atoms with E-state index in [2.05, 4.69) is 29.2 Å². The predicted molar refractivity (Wildman–Crippen MR) is 156 cm³/mol. The van der Waals surface area contributed by atoms with Gasteiger partial charge >= 0.3 is 0 Å². The summed E-state index contributed by atoms with van der Waals surface area (Å²) in [6, 6.07) is 35.2. The first kappa shape index (κ1) is 24.9. The van der Waals surface area contributed by atoms with Crippen LogP contribution >= 0.6 is 0 Å². The molecule has 1 aliphatic carbocycles. The number of hydrogen-bond acceptors (Lipinski definition) is 4. The summed E-state index contributed by atoms with van der Waals surface area (Å²) in [7, 11) is -3.86. The van der Waals surface area contributed by atoms with Crippen molar-refractivity contribution in [1.82, 2.24) is 4.31 Å². The zero-order valence-corrected chi connectivity index (χ0v) is 23.1. The second-order valence-electron chi connectivity index (χ2n) is 11.0. The van der Waals surface area contributed by atoms with Crippen LogP contribution in [0.25, 0.3) is 0 Å². The number of rotatable bonds is 5. The second-order valence-corrected chi connectivity index (χ2v) is 12.9. The van der Waals surface area contributed by atoms with Crippen LogP contribution in [0.4, 0.5) is 5.69 Å². The minimum atomic E-state index is -3.86. The lowest BCUT2D eigenvalue weighted by Gasteiger charge is -2.45. The first-order chi connectivity index (χ1) is 19.4. The molecule has 0 radical (unpaired) electrons. The van der Waals surface area contributed by atoms with Crippen LogP contribution in [0.2, 0.25) is 0 Å². The topological polar surface area (TPSA) is 57.7 Å². The highest BCUT2D eigenvalue weighted by Crippen LogP contribution is 2.61. The molecule has 0 amide bonds. The van der Waals surface area contributed by atoms with Crippen molar-refractivity contribution in [3.8, 4) is 0 Å². The van der Waals surface area contributed by atoms with Crippen molar-refractivity contribution in [1.29, 1.82) is 0 Å². The minimum Gasteiger partial charge on any atom is -0.362 e. The summed E-state index contributed by atoms with van der Waals surface area (Å²) in [5.74, 6) is -0.484. The number of sulfonamides is 1. The normalized spacial score (nSPS) is 23.4. The highest BCUT2D eigenvalue weighted by atomic mass is 32.2. The molecular formula is C34H30N2O3S. The van der Waals surface area contributed by atoms with Gasteiger partial charge in [0, 0.05) is 30.5 Å². The van der Waals surface area contributed by atoms with E-state index in [1.54, 1.807) is 18.2 Å². The fourth-order valence-corrected chi connectivity index (χ4v) is 8.64. The summed E-state index contributed by atoms with van der Waals surface area (Å²) in [5.41, 5.74) is 5.21. The zero-order valence-electron chi connectivity index (χ0n) is 22.3. The molecule has 4 aromatic rings. The van der Waals surface area contributed by atoms with Crippen molar-refractivity contribution in [2.75, 3.05) is 11.4 Å². The molecule has 0 N–H and O–H groups in total. The first-order valence-electron chi connectivity index (χ1n) is 13.7. The molecule has 0 bridgehead atoms. The van der Waals surface area contributed by atoms with Crippen LogP contribution in [-0.4, -0.2) is 31.1 Å². The van der Waals surface area contributed by atoms with Gasteiger partial charge < -0.3 is 4.90 Å². The van der Waals surface area contributed by atoms with Crippen LogP contribution < -0.4 is 4.90 Å². The van der Waals surface area contributed by atoms with E-state index in [0.717, 1.165) is 27.9 Å². The van der Waals surface area contributed by atoms with Crippen LogP contribution in [0, 0.1) is 6.92 Å². The van der Waals surface area contributed by atoms with E-state index >= 15 is 0 Å². The van der Waals surface area contributed by atoms with E-state index in [4.69, 9.17) is 0 Å². The Bertz CT molecular complexity index is 1730. The standard InChI is InChI=1S/C34H30N2O3S/c1-24-16-18-27(19-17-24)40(38,39)36-21-20-34-28-14-8-9-15-29(28)35(23-25-10-4-2-5-11-25)33(34)32(30(37)22-31(34)36)26-12-6-3-7-13-26/h2-19,22,32-33H,20-21,23H2,1H3/t32-,33-,34+/m1/s1. The number of carbonyl (C=O) groups excluding carboxylic acids is 1. The molecule has 2 aliphatic heterocycles. The van der Waals surface area contributed by atoms with Crippen LogP contribution in [0.5, 0.6) is 0 Å². The number of hydrogen-bond donors (Lipinski definition) is 0. The third-order valence-corrected chi connectivity index (χ3v) is 10.7. The fraction of sp³-hybridized carbons (Fsp3) is 0.206. The molecule has 200 valence electrons. The number of aryl methyl sites for hydroxylation is 1. The number of anilines is 1. The van der Waals surface area contributed by atoms with E-state index in [1.165, 1.54) is 4.31 Å². The number of carbonyl (C=O) groups is 1. The molecule has 7 rings (SSSR count). The molecular weight excluding hydrogens is 516 g/mol. The summed E-state index contributed by atoms with van der Waals surface area (Å²) in [6.07, 6.45) is 2.24. The number of para-hydroxylation sites is 1. The molecule has 6 heteroatoms. The Morgan fingerprint density at radius 3 is 2.20 bits per heavy atom. The Balaban J connectivity index is 1.44. The molecule has 1 fully saturated rings. The second kappa shape index (κ2) is 9.20. The summed E-state index contributed by atoms with van der Waals surface area (Å²) < 4.78 is 29.7. The fourth-order valence-electron chi connectivity index (χ4n) is 7.10. The lowest BCUT2D eigenvalue weighted by atomic mass is 9.63. The number of nitrogens with zero attached hydrogens (tertiary/aromatic N) is 2. The smallest absolute Gasteiger partial charge is 0.264 e. The van der Waals surface area contributed by atoms with Crippen molar-refractivity contribution in [2.45, 2.75) is 42.2 Å². The molecule has 4 aromatic carbocycles. The van der Waals surface area contributed by atoms with E-state index in [-0.39, 0.29) is 16.7 Å². The van der Waals surface area contributed by atoms with Crippen molar-refractivity contribution in [3.05, 3.63) is 143 Å². The molecule has 1 spiro atoms. The van der Waals surface area contributed by atoms with E-state index < -0.39 is 21.4 Å². The van der Waals surface area contributed by atoms with Crippen LogP contribution in [0.3, 0.4) is 0 Å². The summed E-state index contributed by atoms with van der Waals surface area (Å²) in [6.45, 7) is 2.88. The van der Waals surface area contributed by atoms with Gasteiger partial charge in [0.1, 0.15) is 0 Å². The lowest BCUT2D eigenvalue weighted by molar-refractivity contribution is -0.117. The van der Waals surface area contributed by atoms with E-state index in [0.29, 0.717) is 25.2 Å². The quantitative estimate of drug-likeness (QED) is 0.310. The monoisotopic (exact) mass is 546 g/mol. The van der Waals surface area contributed by atoms with E-state index in [9.17, 15) is 13.2 Å². The van der Waals surface area contributed by atoms with Crippen LogP contribution in [0.1, 0.15) is 34.6 Å². The summed E-state index contributed by atoms with van der Waals surface area (Å²) >= 11 is 0. The summed E-state index contributed by atoms with van der Waals surface area (Å²) in [4.78, 5) is 16.8. The number of allylic oxidation sites excluding steroid dienone is 1. The van der Waals surface area contributed by atoms with Gasteiger partial charge in [0.25, 0.3) is 10.0 Å². The van der Waals surface area contributed by atoms with Gasteiger partial charge in [-0.25, -0.2) is 8.42 Å². The van der Waals surface area contributed by atoms with Gasteiger partial charge in [-0.3, -0.25) is 9.10 Å². The summed E-state index contributed by atoms with van der Waals surface area (Å²) in [5, 5.41) is 0. The molecule has 0 unspecified atom stereocenters. The average molecular weight is 547 g/mol. The lowest BCUT2D eigenvalue weighted by Crippen LogP contribution is -2.53. The van der Waals surface area contributed by atoms with Gasteiger partial charge in [0.2, 0.25) is 0 Å². The average Bonchev–Trinajstić information content (AvgIpc) is 3.49. The van der Waals surface area contributed by atoms with Crippen molar-refractivity contribution in [3.63, 3.8) is 0 Å². The minimum absolute atomic E-state index is 0.0568. The Morgan fingerprint density at radius 1 is 0.825 bits per heavy atom. The molecule has 0 saturated carbocycles. The van der Waals surface area contributed by atoms with Crippen LogP contribution in [-0.2, 0) is 26.8 Å². The number of ketones is 1. The predicted octanol–water partition coefficient (Wildman–Crippen LogP) is 5.97. The van der Waals surface area contributed by atoms with Gasteiger partial charge in [-0.15, -0.1) is 0 Å². The van der Waals surface area contributed by atoms with Crippen molar-refractivity contribution < 1.29 is 13.2 Å². The zero-order chi connectivity index (χ0) is 27.5. The van der Waals surface area contributed by atoms with Crippen LogP contribution in [0.15, 0.2) is 126 Å². The Labute approximate surface area is 235 Å². The molecule has 3 atom stereocenters. The van der Waals surface area contributed by atoms with E-state index in [1.807, 2.05) is 79.7 Å². The van der Waals surface area contributed by atoms with Gasteiger partial charge in [-0.1, -0.05) is 96.6 Å². The van der Waals surface area contributed by atoms with Gasteiger partial charge in [-0.2, -0.15) is 0 Å². The van der Waals surface area contributed by atoms with Gasteiger partial charge in [0.15, 0.2) is 5.78 Å². The maximum Gasteiger partial charge on any atom is 0.264 e. The largest absolute Gasteiger partial charge is 0.362 e. The van der Waals surface area contributed by atoms with Crippen molar-refractivity contribution in [2.24, 2.45) is 0 Å². The molecule has 3 aliphatic rings. The van der Waals surface area contributed by atoms with Gasteiger partial charge in [0.05, 0.1) is 22.3 Å². The molecule has 40 heavy (non-hydrogen) atoms. The number of benzene rings is 4. The first-order valence-corrected chi connectivity index (χ1v) is 15.2. The third-order valence-electron chi connectivity index (χ3n) is 8.83. The highest BCUT2D eigenvalue weighted by Gasteiger charge is 2.64. The Morgan fingerprint density at radius 2 is 1.48 bits per heavy atom. The molecule has 2 heterocycles. The maximum atomic E-state index is 14.2. The van der Waals surface area contributed by atoms with Gasteiger partial charge in [-0.05, 0) is 48.2 Å². The maximum absolute atomic E-state index is 14.2.